The lowest BCUT2D eigenvalue weighted by molar-refractivity contribution is -0.136. The molecule has 0 saturated heterocycles. The van der Waals surface area contributed by atoms with Gasteiger partial charge in [-0.05, 0) is 28.1 Å². The molecule has 0 aromatic heterocycles. The highest BCUT2D eigenvalue weighted by molar-refractivity contribution is 9.10. The molecule has 0 aliphatic rings. The minimum absolute atomic E-state index is 0.177. The SMILES string of the molecule is Nc1ccc(Br)c(Cl)c1C(F)(F)F. The van der Waals surface area contributed by atoms with E-state index in [-0.39, 0.29) is 10.2 Å². The predicted molar refractivity (Wildman–Crippen MR) is 48.6 cm³/mol. The maximum absolute atomic E-state index is 12.3. The standard InChI is InChI=1S/C7H4BrClF3N/c8-3-1-2-4(13)5(6(3)9)7(10,11)12/h1-2H,13H2. The number of benzene rings is 1. The van der Waals surface area contributed by atoms with Crippen LogP contribution < -0.4 is 5.73 Å². The van der Waals surface area contributed by atoms with E-state index in [0.717, 1.165) is 6.07 Å². The largest absolute Gasteiger partial charge is 0.419 e. The highest BCUT2D eigenvalue weighted by Crippen LogP contribution is 2.41. The van der Waals surface area contributed by atoms with Crippen LogP contribution in [0.25, 0.3) is 0 Å². The van der Waals surface area contributed by atoms with Gasteiger partial charge < -0.3 is 5.73 Å². The molecular formula is C7H4BrClF3N. The summed E-state index contributed by atoms with van der Waals surface area (Å²) in [6.07, 6.45) is -4.52. The topological polar surface area (TPSA) is 26.0 Å². The van der Waals surface area contributed by atoms with Crippen LogP contribution in [-0.2, 0) is 6.18 Å². The van der Waals surface area contributed by atoms with Crippen molar-refractivity contribution in [3.8, 4) is 0 Å². The Bertz CT molecular complexity index is 337. The van der Waals surface area contributed by atoms with E-state index in [1.165, 1.54) is 6.07 Å². The van der Waals surface area contributed by atoms with Crippen molar-refractivity contribution in [1.29, 1.82) is 0 Å². The summed E-state index contributed by atoms with van der Waals surface area (Å²) in [5.41, 5.74) is 3.78. The Balaban J connectivity index is 3.43. The zero-order valence-electron chi connectivity index (χ0n) is 6.12. The van der Waals surface area contributed by atoms with E-state index >= 15 is 0 Å². The summed E-state index contributed by atoms with van der Waals surface area (Å²) >= 11 is 8.32. The Morgan fingerprint density at radius 3 is 2.23 bits per heavy atom. The Morgan fingerprint density at radius 2 is 1.85 bits per heavy atom. The molecule has 0 heterocycles. The predicted octanol–water partition coefficient (Wildman–Crippen LogP) is 3.70. The molecule has 1 aromatic carbocycles. The lowest BCUT2D eigenvalue weighted by Crippen LogP contribution is -2.09. The first-order chi connectivity index (χ1) is 5.84. The van der Waals surface area contributed by atoms with Gasteiger partial charge in [-0.25, -0.2) is 0 Å². The highest BCUT2D eigenvalue weighted by Gasteiger charge is 2.36. The second-order valence-electron chi connectivity index (χ2n) is 2.32. The van der Waals surface area contributed by atoms with Gasteiger partial charge in [0.15, 0.2) is 0 Å². The summed E-state index contributed by atoms with van der Waals surface area (Å²) < 4.78 is 37.1. The number of halogens is 5. The smallest absolute Gasteiger partial charge is 0.398 e. The zero-order chi connectivity index (χ0) is 10.2. The van der Waals surface area contributed by atoms with Crippen LogP contribution in [0, 0.1) is 0 Å². The van der Waals surface area contributed by atoms with Crippen LogP contribution in [0.3, 0.4) is 0 Å². The molecule has 0 amide bonds. The number of anilines is 1. The van der Waals surface area contributed by atoms with E-state index in [1.807, 2.05) is 0 Å². The van der Waals surface area contributed by atoms with Crippen molar-refractivity contribution in [2.75, 3.05) is 5.73 Å². The third-order valence-corrected chi connectivity index (χ3v) is 2.69. The molecule has 0 radical (unpaired) electrons. The monoisotopic (exact) mass is 273 g/mol. The van der Waals surface area contributed by atoms with Gasteiger partial charge in [0.25, 0.3) is 0 Å². The van der Waals surface area contributed by atoms with Crippen molar-refractivity contribution in [2.45, 2.75) is 6.18 Å². The normalized spacial score (nSPS) is 11.8. The van der Waals surface area contributed by atoms with Gasteiger partial charge in [-0.15, -0.1) is 0 Å². The summed E-state index contributed by atoms with van der Waals surface area (Å²) in [7, 11) is 0. The van der Waals surface area contributed by atoms with E-state index in [1.54, 1.807) is 0 Å². The number of nitrogen functional groups attached to an aromatic ring is 1. The first kappa shape index (κ1) is 10.7. The van der Waals surface area contributed by atoms with E-state index in [9.17, 15) is 13.2 Å². The Hall–Kier alpha value is -0.420. The van der Waals surface area contributed by atoms with Crippen LogP contribution in [0.1, 0.15) is 5.56 Å². The molecule has 0 fully saturated rings. The van der Waals surface area contributed by atoms with E-state index in [4.69, 9.17) is 17.3 Å². The fourth-order valence-corrected chi connectivity index (χ4v) is 1.46. The fraction of sp³-hybridized carbons (Fsp3) is 0.143. The van der Waals surface area contributed by atoms with Crippen molar-refractivity contribution >= 4 is 33.2 Å². The lowest BCUT2D eigenvalue weighted by Gasteiger charge is -2.12. The minimum atomic E-state index is -4.52. The van der Waals surface area contributed by atoms with Crippen LogP contribution >= 0.6 is 27.5 Å². The summed E-state index contributed by atoms with van der Waals surface area (Å²) in [6, 6.07) is 2.52. The first-order valence-corrected chi connectivity index (χ1v) is 4.32. The molecule has 0 bridgehead atoms. The van der Waals surface area contributed by atoms with Gasteiger partial charge in [0, 0.05) is 10.2 Å². The molecule has 1 rings (SSSR count). The van der Waals surface area contributed by atoms with Crippen molar-refractivity contribution in [3.05, 3.63) is 27.2 Å². The maximum atomic E-state index is 12.3. The van der Waals surface area contributed by atoms with Gasteiger partial charge in [-0.1, -0.05) is 11.6 Å². The molecule has 1 aromatic rings. The fourth-order valence-electron chi connectivity index (χ4n) is 0.854. The molecule has 1 nitrogen and oxygen atoms in total. The molecule has 13 heavy (non-hydrogen) atoms. The van der Waals surface area contributed by atoms with Gasteiger partial charge in [0.1, 0.15) is 0 Å². The van der Waals surface area contributed by atoms with Crippen LogP contribution in [0.4, 0.5) is 18.9 Å². The van der Waals surface area contributed by atoms with Gasteiger partial charge in [-0.3, -0.25) is 0 Å². The minimum Gasteiger partial charge on any atom is -0.398 e. The van der Waals surface area contributed by atoms with Crippen molar-refractivity contribution in [1.82, 2.24) is 0 Å². The molecule has 0 atom stereocenters. The summed E-state index contributed by atoms with van der Waals surface area (Å²) in [6.45, 7) is 0. The molecule has 6 heteroatoms. The summed E-state index contributed by atoms with van der Waals surface area (Å²) in [4.78, 5) is 0. The van der Waals surface area contributed by atoms with E-state index in [0.29, 0.717) is 0 Å². The van der Waals surface area contributed by atoms with Crippen LogP contribution in [0.15, 0.2) is 16.6 Å². The molecule has 0 aliphatic carbocycles. The quantitative estimate of drug-likeness (QED) is 0.717. The van der Waals surface area contributed by atoms with Crippen LogP contribution in [0.5, 0.6) is 0 Å². The van der Waals surface area contributed by atoms with Crippen molar-refractivity contribution in [2.24, 2.45) is 0 Å². The Labute approximate surface area is 85.8 Å². The van der Waals surface area contributed by atoms with E-state index < -0.39 is 16.8 Å². The number of alkyl halides is 3. The van der Waals surface area contributed by atoms with Crippen molar-refractivity contribution in [3.63, 3.8) is 0 Å². The molecular weight excluding hydrogens is 270 g/mol. The number of rotatable bonds is 0. The molecule has 0 saturated carbocycles. The third kappa shape index (κ3) is 2.08. The van der Waals surface area contributed by atoms with Crippen LogP contribution in [0.2, 0.25) is 5.02 Å². The zero-order valence-corrected chi connectivity index (χ0v) is 8.46. The Morgan fingerprint density at radius 1 is 1.31 bits per heavy atom. The third-order valence-electron chi connectivity index (χ3n) is 1.41. The lowest BCUT2D eigenvalue weighted by atomic mass is 10.2. The summed E-state index contributed by atoms with van der Waals surface area (Å²) in [5.74, 6) is 0. The average molecular weight is 274 g/mol. The highest BCUT2D eigenvalue weighted by atomic mass is 79.9. The molecule has 0 aliphatic heterocycles. The summed E-state index contributed by atoms with van der Waals surface area (Å²) in [5, 5.41) is -0.410. The molecule has 0 unspecified atom stereocenters. The van der Waals surface area contributed by atoms with Gasteiger partial charge in [0.2, 0.25) is 0 Å². The molecule has 2 N–H and O–H groups in total. The van der Waals surface area contributed by atoms with Crippen LogP contribution in [-0.4, -0.2) is 0 Å². The number of hydrogen-bond donors (Lipinski definition) is 1. The second-order valence-corrected chi connectivity index (χ2v) is 3.56. The van der Waals surface area contributed by atoms with Gasteiger partial charge in [0.05, 0.1) is 10.6 Å². The number of nitrogens with two attached hydrogens (primary N) is 1. The molecule has 72 valence electrons. The van der Waals surface area contributed by atoms with E-state index in [2.05, 4.69) is 15.9 Å². The first-order valence-electron chi connectivity index (χ1n) is 3.14. The average Bonchev–Trinajstić information content (AvgIpc) is 1.95. The maximum Gasteiger partial charge on any atom is 0.419 e. The van der Waals surface area contributed by atoms with Crippen molar-refractivity contribution < 1.29 is 13.2 Å². The Kier molecular flexibility index (Phi) is 2.77. The molecule has 0 spiro atoms. The second kappa shape index (κ2) is 3.38. The number of hydrogen-bond acceptors (Lipinski definition) is 1. The van der Waals surface area contributed by atoms with Gasteiger partial charge in [-0.2, -0.15) is 13.2 Å². The van der Waals surface area contributed by atoms with Gasteiger partial charge >= 0.3 is 6.18 Å².